The molecule has 1 saturated heterocycles. The smallest absolute Gasteiger partial charge is 0.339 e. The Morgan fingerprint density at radius 2 is 2.23 bits per heavy atom. The van der Waals surface area contributed by atoms with Gasteiger partial charge in [-0.05, 0) is 49.4 Å². The molecule has 1 aromatic carbocycles. The van der Waals surface area contributed by atoms with E-state index in [-0.39, 0.29) is 6.10 Å². The second kappa shape index (κ2) is 6.63. The van der Waals surface area contributed by atoms with Crippen molar-refractivity contribution in [3.63, 3.8) is 0 Å². The second-order valence-electron chi connectivity index (χ2n) is 6.22. The van der Waals surface area contributed by atoms with Gasteiger partial charge in [-0.2, -0.15) is 0 Å². The molecule has 4 nitrogen and oxygen atoms in total. The minimum Gasteiger partial charge on any atom is -0.459 e. The van der Waals surface area contributed by atoms with Crippen LogP contribution in [0.3, 0.4) is 0 Å². The third-order valence-electron chi connectivity index (χ3n) is 4.50. The first-order valence-electron chi connectivity index (χ1n) is 8.00. The van der Waals surface area contributed by atoms with E-state index in [4.69, 9.17) is 4.74 Å². The molecule has 0 radical (unpaired) electrons. The third kappa shape index (κ3) is 3.23. The van der Waals surface area contributed by atoms with Crippen molar-refractivity contribution in [1.82, 2.24) is 4.90 Å². The highest BCUT2D eigenvalue weighted by atomic mass is 16.6. The van der Waals surface area contributed by atoms with Crippen molar-refractivity contribution in [2.45, 2.75) is 37.9 Å². The van der Waals surface area contributed by atoms with Crippen LogP contribution in [0.1, 0.15) is 42.9 Å². The number of rotatable bonds is 4. The van der Waals surface area contributed by atoms with E-state index in [9.17, 15) is 9.90 Å². The van der Waals surface area contributed by atoms with Crippen LogP contribution in [-0.4, -0.2) is 42.2 Å². The number of carbonyl (C=O) groups is 1. The van der Waals surface area contributed by atoms with Crippen LogP contribution in [0.2, 0.25) is 0 Å². The lowest BCUT2D eigenvalue weighted by atomic mass is 9.95. The molecule has 0 saturated carbocycles. The van der Waals surface area contributed by atoms with Gasteiger partial charge >= 0.3 is 5.97 Å². The van der Waals surface area contributed by atoms with Crippen molar-refractivity contribution in [2.24, 2.45) is 0 Å². The Morgan fingerprint density at radius 1 is 1.41 bits per heavy atom. The number of ether oxygens (including phenoxy) is 1. The summed E-state index contributed by atoms with van der Waals surface area (Å²) in [6.07, 6.45) is 4.93. The highest BCUT2D eigenvalue weighted by molar-refractivity contribution is 5.80. The zero-order chi connectivity index (χ0) is 15.5. The molecule has 2 aliphatic rings. The lowest BCUT2D eigenvalue weighted by molar-refractivity contribution is -0.158. The molecule has 1 fully saturated rings. The van der Waals surface area contributed by atoms with Crippen LogP contribution in [0.4, 0.5) is 0 Å². The molecule has 0 spiro atoms. The van der Waals surface area contributed by atoms with Crippen LogP contribution in [0.25, 0.3) is 5.57 Å². The van der Waals surface area contributed by atoms with Crippen LogP contribution in [0.5, 0.6) is 0 Å². The molecule has 1 aliphatic heterocycles. The van der Waals surface area contributed by atoms with Gasteiger partial charge in [0.2, 0.25) is 0 Å². The Morgan fingerprint density at radius 3 is 2.91 bits per heavy atom. The van der Waals surface area contributed by atoms with Crippen LogP contribution >= 0.6 is 0 Å². The maximum absolute atomic E-state index is 12.3. The summed E-state index contributed by atoms with van der Waals surface area (Å²) in [6.45, 7) is 1.67. The normalized spacial score (nSPS) is 23.4. The van der Waals surface area contributed by atoms with Gasteiger partial charge < -0.3 is 14.7 Å². The number of aliphatic hydroxyl groups is 1. The van der Waals surface area contributed by atoms with Crippen LogP contribution < -0.4 is 0 Å². The van der Waals surface area contributed by atoms with Crippen LogP contribution in [0.15, 0.2) is 30.3 Å². The van der Waals surface area contributed by atoms with Gasteiger partial charge in [0, 0.05) is 13.1 Å². The van der Waals surface area contributed by atoms with Crippen molar-refractivity contribution in [3.05, 3.63) is 41.5 Å². The van der Waals surface area contributed by atoms with Gasteiger partial charge in [-0.15, -0.1) is 0 Å². The minimum atomic E-state index is -1.20. The molecule has 3 rings (SSSR count). The van der Waals surface area contributed by atoms with Gasteiger partial charge in [-0.3, -0.25) is 0 Å². The van der Waals surface area contributed by atoms with E-state index in [1.165, 1.54) is 5.57 Å². The van der Waals surface area contributed by atoms with Gasteiger partial charge in [0.15, 0.2) is 6.10 Å². The summed E-state index contributed by atoms with van der Waals surface area (Å²) in [4.78, 5) is 14.4. The number of hydrogen-bond donors (Lipinski definition) is 1. The summed E-state index contributed by atoms with van der Waals surface area (Å²) >= 11 is 0. The van der Waals surface area contributed by atoms with Crippen molar-refractivity contribution in [3.8, 4) is 0 Å². The standard InChI is InChI=1S/C18H23NO3/c1-19-11-10-14(12-19)22-18(21)17(20)16-9-5-4-8-15(16)13-6-2-3-7-13/h4-6,8-9,14,17,20H,2-3,7,10-12H2,1H3. The number of nitrogens with zero attached hydrogens (tertiary/aromatic N) is 1. The minimum absolute atomic E-state index is 0.106. The average Bonchev–Trinajstić information content (AvgIpc) is 3.18. The lowest BCUT2D eigenvalue weighted by Gasteiger charge is -2.18. The molecule has 1 N–H and O–H groups in total. The number of carbonyl (C=O) groups excluding carboxylic acids is 1. The number of likely N-dealkylation sites (N-methyl/N-ethyl adjacent to an activating group) is 1. The Bertz CT molecular complexity index is 581. The molecule has 0 amide bonds. The number of allylic oxidation sites excluding steroid dienone is 2. The fraction of sp³-hybridized carbons (Fsp3) is 0.500. The summed E-state index contributed by atoms with van der Waals surface area (Å²) in [5, 5.41) is 10.4. The van der Waals surface area contributed by atoms with E-state index in [0.717, 1.165) is 44.3 Å². The van der Waals surface area contributed by atoms with Crippen LogP contribution in [-0.2, 0) is 9.53 Å². The molecule has 1 aromatic rings. The first-order valence-corrected chi connectivity index (χ1v) is 8.00. The van der Waals surface area contributed by atoms with Crippen LogP contribution in [0, 0.1) is 0 Å². The largest absolute Gasteiger partial charge is 0.459 e. The van der Waals surface area contributed by atoms with Crippen molar-refractivity contribution >= 4 is 11.5 Å². The first-order chi connectivity index (χ1) is 10.6. The fourth-order valence-electron chi connectivity index (χ4n) is 3.29. The van der Waals surface area contributed by atoms with Gasteiger partial charge in [0.25, 0.3) is 0 Å². The van der Waals surface area contributed by atoms with E-state index in [0.29, 0.717) is 5.56 Å². The molecule has 1 heterocycles. The van der Waals surface area contributed by atoms with Crippen molar-refractivity contribution < 1.29 is 14.6 Å². The molecule has 2 unspecified atom stereocenters. The highest BCUT2D eigenvalue weighted by Crippen LogP contribution is 2.33. The van der Waals surface area contributed by atoms with Crippen molar-refractivity contribution in [2.75, 3.05) is 20.1 Å². The Hall–Kier alpha value is -1.65. The molecule has 1 aliphatic carbocycles. The fourth-order valence-corrected chi connectivity index (χ4v) is 3.29. The zero-order valence-electron chi connectivity index (χ0n) is 13.0. The van der Waals surface area contributed by atoms with E-state index in [2.05, 4.69) is 11.0 Å². The van der Waals surface area contributed by atoms with E-state index < -0.39 is 12.1 Å². The Labute approximate surface area is 131 Å². The zero-order valence-corrected chi connectivity index (χ0v) is 13.0. The molecule has 0 aromatic heterocycles. The quantitative estimate of drug-likeness (QED) is 0.868. The number of likely N-dealkylation sites (tertiary alicyclic amines) is 1. The maximum Gasteiger partial charge on any atom is 0.339 e. The SMILES string of the molecule is CN1CCC(OC(=O)C(O)c2ccccc2C2=CCCC2)C1. The van der Waals surface area contributed by atoms with Gasteiger partial charge in [-0.1, -0.05) is 30.3 Å². The molecular weight excluding hydrogens is 278 g/mol. The molecule has 118 valence electrons. The second-order valence-corrected chi connectivity index (χ2v) is 6.22. The first kappa shape index (κ1) is 15.3. The summed E-state index contributed by atoms with van der Waals surface area (Å²) < 4.78 is 5.47. The molecule has 0 bridgehead atoms. The number of hydrogen-bond acceptors (Lipinski definition) is 4. The summed E-state index contributed by atoms with van der Waals surface area (Å²) in [6, 6.07) is 7.60. The average molecular weight is 301 g/mol. The highest BCUT2D eigenvalue weighted by Gasteiger charge is 2.28. The molecule has 22 heavy (non-hydrogen) atoms. The molecule has 4 heteroatoms. The van der Waals surface area contributed by atoms with Crippen molar-refractivity contribution in [1.29, 1.82) is 0 Å². The lowest BCUT2D eigenvalue weighted by Crippen LogP contribution is -2.26. The Balaban J connectivity index is 1.74. The topological polar surface area (TPSA) is 49.8 Å². The third-order valence-corrected chi connectivity index (χ3v) is 4.50. The van der Waals surface area contributed by atoms with E-state index in [1.54, 1.807) is 0 Å². The Kier molecular flexibility index (Phi) is 4.60. The maximum atomic E-state index is 12.3. The summed E-state index contributed by atoms with van der Waals surface area (Å²) in [7, 11) is 2.01. The molecular formula is C18H23NO3. The summed E-state index contributed by atoms with van der Waals surface area (Å²) in [5.41, 5.74) is 2.86. The van der Waals surface area contributed by atoms with Gasteiger partial charge in [-0.25, -0.2) is 4.79 Å². The number of aliphatic hydroxyl groups excluding tert-OH is 1. The van der Waals surface area contributed by atoms with E-state index >= 15 is 0 Å². The predicted octanol–water partition coefficient (Wildman–Crippen LogP) is 2.53. The van der Waals surface area contributed by atoms with E-state index in [1.807, 2.05) is 31.3 Å². The van der Waals surface area contributed by atoms with Gasteiger partial charge in [0.05, 0.1) is 0 Å². The number of esters is 1. The summed E-state index contributed by atoms with van der Waals surface area (Å²) in [5.74, 6) is -0.536. The van der Waals surface area contributed by atoms with Gasteiger partial charge in [0.1, 0.15) is 6.10 Å². The number of benzene rings is 1. The molecule has 2 atom stereocenters. The predicted molar refractivity (Wildman–Crippen MR) is 85.2 cm³/mol. The monoisotopic (exact) mass is 301 g/mol.